The van der Waals surface area contributed by atoms with E-state index in [-0.39, 0.29) is 0 Å². The van der Waals surface area contributed by atoms with E-state index < -0.39 is 11.9 Å². The maximum atomic E-state index is 10.9. The number of amides is 1. The maximum Gasteiger partial charge on any atom is 0.308 e. The van der Waals surface area contributed by atoms with Crippen LogP contribution in [0.4, 0.5) is 0 Å². The number of methoxy groups -OCH3 is 1. The first kappa shape index (κ1) is 12.8. The van der Waals surface area contributed by atoms with Gasteiger partial charge in [0.15, 0.2) is 11.5 Å². The number of hydrogen-bond acceptors (Lipinski definition) is 4. The Kier molecular flexibility index (Phi) is 4.28. The van der Waals surface area contributed by atoms with Crippen molar-refractivity contribution in [3.63, 3.8) is 0 Å². The van der Waals surface area contributed by atoms with Crippen molar-refractivity contribution in [1.29, 1.82) is 0 Å². The molecule has 0 saturated heterocycles. The molecule has 0 unspecified atom stereocenters. The van der Waals surface area contributed by atoms with E-state index in [4.69, 9.17) is 15.2 Å². The average molecular weight is 235 g/mol. The zero-order chi connectivity index (χ0) is 12.8. The number of primary amides is 1. The lowest BCUT2D eigenvalue weighted by atomic mass is 10.2. The Labute approximate surface area is 98.8 Å². The smallest absolute Gasteiger partial charge is 0.308 e. The van der Waals surface area contributed by atoms with Crippen LogP contribution in [0.3, 0.4) is 0 Å². The number of nitrogens with two attached hydrogens (primary N) is 1. The molecule has 1 amide bonds. The van der Waals surface area contributed by atoms with Crippen molar-refractivity contribution in [3.8, 4) is 11.5 Å². The third-order valence-corrected chi connectivity index (χ3v) is 1.88. The van der Waals surface area contributed by atoms with Crippen LogP contribution in [-0.4, -0.2) is 19.0 Å². The maximum absolute atomic E-state index is 10.9. The number of carbonyl (C=O) groups is 2. The quantitative estimate of drug-likeness (QED) is 0.482. The van der Waals surface area contributed by atoms with Crippen LogP contribution >= 0.6 is 0 Å². The zero-order valence-electron chi connectivity index (χ0n) is 9.60. The van der Waals surface area contributed by atoms with Crippen LogP contribution in [0.25, 0.3) is 6.08 Å². The lowest BCUT2D eigenvalue weighted by Gasteiger charge is -2.08. The van der Waals surface area contributed by atoms with E-state index in [0.29, 0.717) is 17.1 Å². The molecule has 0 heterocycles. The summed E-state index contributed by atoms with van der Waals surface area (Å²) in [4.78, 5) is 21.5. The average Bonchev–Trinajstić information content (AvgIpc) is 2.25. The van der Waals surface area contributed by atoms with Gasteiger partial charge in [0, 0.05) is 13.0 Å². The van der Waals surface area contributed by atoms with Gasteiger partial charge in [-0.25, -0.2) is 0 Å². The van der Waals surface area contributed by atoms with E-state index in [1.807, 2.05) is 0 Å². The molecule has 0 aromatic heterocycles. The highest BCUT2D eigenvalue weighted by Crippen LogP contribution is 2.28. The van der Waals surface area contributed by atoms with Gasteiger partial charge >= 0.3 is 5.97 Å². The van der Waals surface area contributed by atoms with Gasteiger partial charge in [-0.1, -0.05) is 6.07 Å². The fraction of sp³-hybridized carbons (Fsp3) is 0.167. The topological polar surface area (TPSA) is 78.6 Å². The Balaban J connectivity index is 3.03. The van der Waals surface area contributed by atoms with Gasteiger partial charge in [0.25, 0.3) is 0 Å². The molecule has 2 N–H and O–H groups in total. The third kappa shape index (κ3) is 3.98. The zero-order valence-corrected chi connectivity index (χ0v) is 9.60. The fourth-order valence-corrected chi connectivity index (χ4v) is 1.21. The molecular formula is C12H13NO4. The number of benzene rings is 1. The van der Waals surface area contributed by atoms with Crippen molar-refractivity contribution in [2.75, 3.05) is 7.11 Å². The summed E-state index contributed by atoms with van der Waals surface area (Å²) in [5, 5.41) is 0. The molecule has 0 aliphatic heterocycles. The van der Waals surface area contributed by atoms with Gasteiger partial charge in [0.1, 0.15) is 0 Å². The second-order valence-electron chi connectivity index (χ2n) is 3.24. The number of carbonyl (C=O) groups excluding carboxylic acids is 2. The molecule has 0 aliphatic rings. The lowest BCUT2D eigenvalue weighted by Crippen LogP contribution is -2.05. The monoisotopic (exact) mass is 235 g/mol. The molecule has 0 spiro atoms. The lowest BCUT2D eigenvalue weighted by molar-refractivity contribution is -0.132. The summed E-state index contributed by atoms with van der Waals surface area (Å²) in [5.41, 5.74) is 5.66. The molecule has 17 heavy (non-hydrogen) atoms. The minimum Gasteiger partial charge on any atom is -0.493 e. The SMILES string of the molecule is COc1ccc(/C=C/C(N)=O)cc1OC(C)=O. The fourth-order valence-electron chi connectivity index (χ4n) is 1.21. The van der Waals surface area contributed by atoms with Crippen LogP contribution in [0.15, 0.2) is 24.3 Å². The Morgan fingerprint density at radius 2 is 2.00 bits per heavy atom. The van der Waals surface area contributed by atoms with Gasteiger partial charge in [-0.05, 0) is 23.8 Å². The van der Waals surface area contributed by atoms with E-state index in [9.17, 15) is 9.59 Å². The predicted molar refractivity (Wildman–Crippen MR) is 62.5 cm³/mol. The molecular weight excluding hydrogens is 222 g/mol. The molecule has 90 valence electrons. The van der Waals surface area contributed by atoms with Gasteiger partial charge in [-0.15, -0.1) is 0 Å². The Morgan fingerprint density at radius 3 is 2.53 bits per heavy atom. The molecule has 5 heteroatoms. The Bertz CT molecular complexity index is 466. The second kappa shape index (κ2) is 5.69. The highest BCUT2D eigenvalue weighted by molar-refractivity contribution is 5.90. The molecule has 0 bridgehead atoms. The highest BCUT2D eigenvalue weighted by Gasteiger charge is 2.07. The first-order valence-corrected chi connectivity index (χ1v) is 4.87. The minimum absolute atomic E-state index is 0.298. The summed E-state index contributed by atoms with van der Waals surface area (Å²) in [5.74, 6) is -0.253. The summed E-state index contributed by atoms with van der Waals surface area (Å²) in [6.07, 6.45) is 2.74. The van der Waals surface area contributed by atoms with Gasteiger partial charge in [-0.2, -0.15) is 0 Å². The third-order valence-electron chi connectivity index (χ3n) is 1.88. The van der Waals surface area contributed by atoms with E-state index in [1.54, 1.807) is 18.2 Å². The molecule has 1 aromatic carbocycles. The van der Waals surface area contributed by atoms with E-state index in [0.717, 1.165) is 0 Å². The molecule has 1 aromatic rings. The minimum atomic E-state index is -0.546. The van der Waals surface area contributed by atoms with Gasteiger partial charge in [0.05, 0.1) is 7.11 Å². The number of esters is 1. The second-order valence-corrected chi connectivity index (χ2v) is 3.24. The molecule has 5 nitrogen and oxygen atoms in total. The predicted octanol–water partition coefficient (Wildman–Crippen LogP) is 1.12. The van der Waals surface area contributed by atoms with Crippen molar-refractivity contribution < 1.29 is 19.1 Å². The first-order chi connectivity index (χ1) is 8.02. The van der Waals surface area contributed by atoms with E-state index in [2.05, 4.69) is 0 Å². The normalized spacial score (nSPS) is 10.2. The first-order valence-electron chi connectivity index (χ1n) is 4.87. The van der Waals surface area contributed by atoms with E-state index in [1.165, 1.54) is 26.2 Å². The summed E-state index contributed by atoms with van der Waals surface area (Å²) in [6, 6.07) is 4.93. The standard InChI is InChI=1S/C12H13NO4/c1-8(14)17-11-7-9(4-6-12(13)15)3-5-10(11)16-2/h3-7H,1-2H3,(H2,13,15)/b6-4+. The van der Waals surface area contributed by atoms with Crippen LogP contribution in [0.5, 0.6) is 11.5 Å². The van der Waals surface area contributed by atoms with E-state index >= 15 is 0 Å². The molecule has 0 fully saturated rings. The Hall–Kier alpha value is -2.30. The van der Waals surface area contributed by atoms with Crippen LogP contribution in [0, 0.1) is 0 Å². The van der Waals surface area contributed by atoms with Crippen LogP contribution < -0.4 is 15.2 Å². The number of hydrogen-bond donors (Lipinski definition) is 1. The van der Waals surface area contributed by atoms with Crippen molar-refractivity contribution in [1.82, 2.24) is 0 Å². The van der Waals surface area contributed by atoms with Crippen molar-refractivity contribution in [2.45, 2.75) is 6.92 Å². The molecule has 1 rings (SSSR count). The summed E-state index contributed by atoms with van der Waals surface area (Å²) in [7, 11) is 1.47. The number of rotatable bonds is 4. The summed E-state index contributed by atoms with van der Waals surface area (Å²) in [6.45, 7) is 1.30. The number of ether oxygens (including phenoxy) is 2. The van der Waals surface area contributed by atoms with Crippen molar-refractivity contribution in [2.24, 2.45) is 5.73 Å². The molecule has 0 aliphatic carbocycles. The molecule has 0 atom stereocenters. The Morgan fingerprint density at radius 1 is 1.29 bits per heavy atom. The van der Waals surface area contributed by atoms with Crippen LogP contribution in [-0.2, 0) is 9.59 Å². The van der Waals surface area contributed by atoms with Crippen LogP contribution in [0.1, 0.15) is 12.5 Å². The van der Waals surface area contributed by atoms with Crippen LogP contribution in [0.2, 0.25) is 0 Å². The molecule has 0 saturated carbocycles. The largest absolute Gasteiger partial charge is 0.493 e. The van der Waals surface area contributed by atoms with Gasteiger partial charge < -0.3 is 15.2 Å². The summed E-state index contributed by atoms with van der Waals surface area (Å²) < 4.78 is 10.0. The highest BCUT2D eigenvalue weighted by atomic mass is 16.6. The molecule has 0 radical (unpaired) electrons. The van der Waals surface area contributed by atoms with Gasteiger partial charge in [0.2, 0.25) is 5.91 Å². The van der Waals surface area contributed by atoms with Crippen molar-refractivity contribution in [3.05, 3.63) is 29.8 Å². The van der Waals surface area contributed by atoms with Crippen molar-refractivity contribution >= 4 is 18.0 Å². The summed E-state index contributed by atoms with van der Waals surface area (Å²) >= 11 is 0. The van der Waals surface area contributed by atoms with Gasteiger partial charge in [-0.3, -0.25) is 9.59 Å².